The molecule has 1 aliphatic rings. The Labute approximate surface area is 114 Å². The van der Waals surface area contributed by atoms with Crippen molar-refractivity contribution in [3.05, 3.63) is 11.8 Å². The van der Waals surface area contributed by atoms with Gasteiger partial charge in [0.2, 0.25) is 5.91 Å². The van der Waals surface area contributed by atoms with E-state index < -0.39 is 0 Å². The maximum atomic E-state index is 12.5. The van der Waals surface area contributed by atoms with E-state index in [1.807, 2.05) is 13.2 Å². The van der Waals surface area contributed by atoms with Gasteiger partial charge in [-0.3, -0.25) is 9.48 Å². The molecule has 1 aromatic rings. The fourth-order valence-corrected chi connectivity index (χ4v) is 2.98. The van der Waals surface area contributed by atoms with Gasteiger partial charge >= 0.3 is 0 Å². The van der Waals surface area contributed by atoms with Crippen LogP contribution in [0.5, 0.6) is 0 Å². The van der Waals surface area contributed by atoms with Crippen molar-refractivity contribution in [3.63, 3.8) is 0 Å². The number of nitrogens with one attached hydrogen (secondary N) is 1. The topological polar surface area (TPSA) is 72.9 Å². The molecule has 5 heteroatoms. The minimum atomic E-state index is 0.0638. The van der Waals surface area contributed by atoms with Gasteiger partial charge < -0.3 is 11.1 Å². The molecule has 0 radical (unpaired) electrons. The van der Waals surface area contributed by atoms with Crippen molar-refractivity contribution in [2.75, 3.05) is 5.32 Å². The highest BCUT2D eigenvalue weighted by Crippen LogP contribution is 2.41. The maximum absolute atomic E-state index is 12.5. The lowest BCUT2D eigenvalue weighted by Gasteiger charge is -2.37. The predicted molar refractivity (Wildman–Crippen MR) is 75.5 cm³/mol. The van der Waals surface area contributed by atoms with Crippen LogP contribution in [0, 0.1) is 11.3 Å². The van der Waals surface area contributed by atoms with Crippen LogP contribution in [-0.2, 0) is 18.4 Å². The Morgan fingerprint density at radius 1 is 1.58 bits per heavy atom. The summed E-state index contributed by atoms with van der Waals surface area (Å²) < 4.78 is 1.68. The van der Waals surface area contributed by atoms with Crippen molar-refractivity contribution >= 4 is 11.7 Å². The highest BCUT2D eigenvalue weighted by atomic mass is 16.2. The van der Waals surface area contributed by atoms with E-state index in [4.69, 9.17) is 5.73 Å². The number of anilines is 1. The molecular formula is C14H24N4O. The second-order valence-electron chi connectivity index (χ2n) is 6.16. The van der Waals surface area contributed by atoms with E-state index in [1.165, 1.54) is 6.42 Å². The maximum Gasteiger partial charge on any atom is 0.229 e. The highest BCUT2D eigenvalue weighted by molar-refractivity contribution is 5.92. The first-order chi connectivity index (χ1) is 8.94. The van der Waals surface area contributed by atoms with E-state index in [-0.39, 0.29) is 17.2 Å². The Bertz CT molecular complexity index is 464. The first kappa shape index (κ1) is 14.1. The number of nitrogens with two attached hydrogens (primary N) is 1. The lowest BCUT2D eigenvalue weighted by atomic mass is 9.68. The molecule has 0 aromatic carbocycles. The summed E-state index contributed by atoms with van der Waals surface area (Å²) >= 11 is 0. The molecule has 1 saturated carbocycles. The second kappa shape index (κ2) is 5.33. The molecule has 1 fully saturated rings. The summed E-state index contributed by atoms with van der Waals surface area (Å²) in [5, 5.41) is 7.23. The summed E-state index contributed by atoms with van der Waals surface area (Å²) in [5.74, 6) is 0.753. The molecule has 3 N–H and O–H groups in total. The third-order valence-electron chi connectivity index (χ3n) is 4.19. The average Bonchev–Trinajstić information content (AvgIpc) is 2.68. The number of aryl methyl sites for hydroxylation is 1. The summed E-state index contributed by atoms with van der Waals surface area (Å²) in [7, 11) is 1.83. The minimum Gasteiger partial charge on any atom is -0.326 e. The molecule has 1 amide bonds. The summed E-state index contributed by atoms with van der Waals surface area (Å²) in [6, 6.07) is 0. The van der Waals surface area contributed by atoms with Crippen LogP contribution in [-0.4, -0.2) is 15.7 Å². The van der Waals surface area contributed by atoms with Crippen LogP contribution in [0.3, 0.4) is 0 Å². The van der Waals surface area contributed by atoms with Crippen LogP contribution >= 0.6 is 0 Å². The van der Waals surface area contributed by atoms with Crippen molar-refractivity contribution < 1.29 is 4.79 Å². The molecular weight excluding hydrogens is 240 g/mol. The number of hydrogen-bond donors (Lipinski definition) is 2. The van der Waals surface area contributed by atoms with Gasteiger partial charge in [-0.2, -0.15) is 5.10 Å². The lowest BCUT2D eigenvalue weighted by molar-refractivity contribution is -0.124. The number of hydrogen-bond acceptors (Lipinski definition) is 3. The first-order valence-electron chi connectivity index (χ1n) is 6.97. The standard InChI is InChI=1S/C14H24N4O/c1-14(2)7-5-4-6-11(14)13(19)16-12-10(8-15)9-18(3)17-12/h9,11H,4-8,15H2,1-3H3,(H,16,17,19). The number of carbonyl (C=O) groups is 1. The number of aromatic nitrogens is 2. The zero-order valence-corrected chi connectivity index (χ0v) is 12.1. The van der Waals surface area contributed by atoms with Crippen LogP contribution < -0.4 is 11.1 Å². The molecule has 0 aliphatic heterocycles. The number of nitrogens with zero attached hydrogens (tertiary/aromatic N) is 2. The fourth-order valence-electron chi connectivity index (χ4n) is 2.98. The van der Waals surface area contributed by atoms with E-state index in [1.54, 1.807) is 4.68 Å². The first-order valence-corrected chi connectivity index (χ1v) is 6.97. The van der Waals surface area contributed by atoms with Gasteiger partial charge in [-0.05, 0) is 18.3 Å². The van der Waals surface area contributed by atoms with Crippen molar-refractivity contribution in [2.24, 2.45) is 24.1 Å². The van der Waals surface area contributed by atoms with E-state index >= 15 is 0 Å². The zero-order valence-electron chi connectivity index (χ0n) is 12.1. The molecule has 1 unspecified atom stereocenters. The van der Waals surface area contributed by atoms with Crippen molar-refractivity contribution in [1.29, 1.82) is 0 Å². The van der Waals surface area contributed by atoms with E-state index in [9.17, 15) is 4.79 Å². The van der Waals surface area contributed by atoms with Crippen LogP contribution in [0.4, 0.5) is 5.82 Å². The zero-order chi connectivity index (χ0) is 14.0. The largest absolute Gasteiger partial charge is 0.326 e. The van der Waals surface area contributed by atoms with Crippen LogP contribution in [0.15, 0.2) is 6.20 Å². The Hall–Kier alpha value is -1.36. The van der Waals surface area contributed by atoms with Gasteiger partial charge in [-0.25, -0.2) is 0 Å². The van der Waals surface area contributed by atoms with Gasteiger partial charge in [0.1, 0.15) is 0 Å². The minimum absolute atomic E-state index is 0.0638. The second-order valence-corrected chi connectivity index (χ2v) is 6.16. The van der Waals surface area contributed by atoms with Crippen molar-refractivity contribution in [2.45, 2.75) is 46.1 Å². The van der Waals surface area contributed by atoms with E-state index in [0.717, 1.165) is 24.8 Å². The third-order valence-corrected chi connectivity index (χ3v) is 4.19. The van der Waals surface area contributed by atoms with Gasteiger partial charge in [0, 0.05) is 31.3 Å². The molecule has 5 nitrogen and oxygen atoms in total. The monoisotopic (exact) mass is 264 g/mol. The number of carbonyl (C=O) groups excluding carboxylic acids is 1. The molecule has 1 atom stereocenters. The Morgan fingerprint density at radius 3 is 2.95 bits per heavy atom. The molecule has 2 rings (SSSR count). The van der Waals surface area contributed by atoms with E-state index in [0.29, 0.717) is 12.4 Å². The molecule has 0 bridgehead atoms. The van der Waals surface area contributed by atoms with Crippen LogP contribution in [0.2, 0.25) is 0 Å². The van der Waals surface area contributed by atoms with E-state index in [2.05, 4.69) is 24.3 Å². The van der Waals surface area contributed by atoms with Crippen molar-refractivity contribution in [3.8, 4) is 0 Å². The lowest BCUT2D eigenvalue weighted by Crippen LogP contribution is -2.37. The molecule has 106 valence electrons. The van der Waals surface area contributed by atoms with Gasteiger partial charge in [0.25, 0.3) is 0 Å². The van der Waals surface area contributed by atoms with Crippen LogP contribution in [0.1, 0.15) is 45.1 Å². The molecule has 19 heavy (non-hydrogen) atoms. The smallest absolute Gasteiger partial charge is 0.229 e. The fraction of sp³-hybridized carbons (Fsp3) is 0.714. The van der Waals surface area contributed by atoms with Crippen molar-refractivity contribution in [1.82, 2.24) is 9.78 Å². The molecule has 1 aliphatic carbocycles. The SMILES string of the molecule is Cn1cc(CN)c(NC(=O)C2CCCCC2(C)C)n1. The summed E-state index contributed by atoms with van der Waals surface area (Å²) in [4.78, 5) is 12.5. The normalized spacial score (nSPS) is 22.2. The van der Waals surface area contributed by atoms with Gasteiger partial charge in [-0.15, -0.1) is 0 Å². The highest BCUT2D eigenvalue weighted by Gasteiger charge is 2.37. The number of amides is 1. The third kappa shape index (κ3) is 2.97. The Kier molecular flexibility index (Phi) is 3.94. The predicted octanol–water partition coefficient (Wildman–Crippen LogP) is 2.03. The molecule has 0 spiro atoms. The molecule has 1 heterocycles. The van der Waals surface area contributed by atoms with Gasteiger partial charge in [-0.1, -0.05) is 26.7 Å². The Morgan fingerprint density at radius 2 is 2.32 bits per heavy atom. The van der Waals surface area contributed by atoms with Gasteiger partial charge in [0.15, 0.2) is 5.82 Å². The Balaban J connectivity index is 2.11. The molecule has 0 saturated heterocycles. The van der Waals surface area contributed by atoms with Gasteiger partial charge in [0.05, 0.1) is 0 Å². The van der Waals surface area contributed by atoms with Crippen LogP contribution in [0.25, 0.3) is 0 Å². The summed E-state index contributed by atoms with van der Waals surface area (Å²) in [5.41, 5.74) is 6.62. The number of rotatable bonds is 3. The average molecular weight is 264 g/mol. The quantitative estimate of drug-likeness (QED) is 0.877. The summed E-state index contributed by atoms with van der Waals surface area (Å²) in [6.45, 7) is 4.74. The molecule has 1 aromatic heterocycles. The summed E-state index contributed by atoms with van der Waals surface area (Å²) in [6.07, 6.45) is 6.27.